The number of hydrogen-bond donors (Lipinski definition) is 1. The average molecular weight is 353 g/mol. The van der Waals surface area contributed by atoms with Gasteiger partial charge in [0, 0.05) is 34.7 Å². The van der Waals surface area contributed by atoms with E-state index < -0.39 is 0 Å². The standard InChI is InChI=1S/C20H19NO3S/c1-12-8-18-15(10-20(23)24-19(18)9-13(12)2)11-25-17-6-4-16(5-7-17)21-14(3)22/h4-10H,11H2,1-3H3,(H,21,22). The third kappa shape index (κ3) is 4.12. The van der Waals surface area contributed by atoms with E-state index in [1.54, 1.807) is 17.8 Å². The molecule has 0 atom stereocenters. The molecule has 3 rings (SSSR count). The number of aryl methyl sites for hydroxylation is 2. The summed E-state index contributed by atoms with van der Waals surface area (Å²) in [5.41, 5.74) is 4.32. The highest BCUT2D eigenvalue weighted by atomic mass is 32.2. The highest BCUT2D eigenvalue weighted by Gasteiger charge is 2.08. The first kappa shape index (κ1) is 17.3. The Morgan fingerprint density at radius 3 is 2.44 bits per heavy atom. The number of carbonyl (C=O) groups is 1. The molecule has 5 heteroatoms. The predicted molar refractivity (Wildman–Crippen MR) is 102 cm³/mol. The van der Waals surface area contributed by atoms with Crippen molar-refractivity contribution in [3.63, 3.8) is 0 Å². The van der Waals surface area contributed by atoms with Crippen LogP contribution >= 0.6 is 11.8 Å². The maximum absolute atomic E-state index is 11.8. The zero-order valence-corrected chi connectivity index (χ0v) is 15.2. The second kappa shape index (κ2) is 7.15. The van der Waals surface area contributed by atoms with Crippen LogP contribution in [0.1, 0.15) is 23.6 Å². The van der Waals surface area contributed by atoms with Gasteiger partial charge in [-0.05, 0) is 66.9 Å². The van der Waals surface area contributed by atoms with Crippen molar-refractivity contribution in [1.82, 2.24) is 0 Å². The first-order chi connectivity index (χ1) is 11.9. The molecule has 0 unspecified atom stereocenters. The first-order valence-corrected chi connectivity index (χ1v) is 8.95. The second-order valence-electron chi connectivity index (χ2n) is 6.02. The number of nitrogens with one attached hydrogen (secondary N) is 1. The molecule has 1 N–H and O–H groups in total. The van der Waals surface area contributed by atoms with Gasteiger partial charge in [0.05, 0.1) is 0 Å². The zero-order valence-electron chi connectivity index (χ0n) is 14.4. The third-order valence-electron chi connectivity index (χ3n) is 4.01. The second-order valence-corrected chi connectivity index (χ2v) is 7.07. The monoisotopic (exact) mass is 353 g/mol. The summed E-state index contributed by atoms with van der Waals surface area (Å²) >= 11 is 1.64. The van der Waals surface area contributed by atoms with E-state index in [4.69, 9.17) is 4.42 Å². The van der Waals surface area contributed by atoms with Crippen LogP contribution in [0.3, 0.4) is 0 Å². The maximum atomic E-state index is 11.8. The van der Waals surface area contributed by atoms with E-state index >= 15 is 0 Å². The van der Waals surface area contributed by atoms with Gasteiger partial charge in [-0.25, -0.2) is 4.79 Å². The zero-order chi connectivity index (χ0) is 18.0. The average Bonchev–Trinajstić information content (AvgIpc) is 2.55. The molecule has 0 aliphatic carbocycles. The molecular formula is C20H19NO3S. The summed E-state index contributed by atoms with van der Waals surface area (Å²) in [5.74, 6) is 0.581. The Bertz CT molecular complexity index is 990. The van der Waals surface area contributed by atoms with Gasteiger partial charge in [0.15, 0.2) is 0 Å². The minimum atomic E-state index is -0.327. The van der Waals surface area contributed by atoms with E-state index in [1.807, 2.05) is 37.3 Å². The van der Waals surface area contributed by atoms with Crippen LogP contribution in [-0.4, -0.2) is 5.91 Å². The fourth-order valence-electron chi connectivity index (χ4n) is 2.60. The van der Waals surface area contributed by atoms with Crippen molar-refractivity contribution < 1.29 is 9.21 Å². The van der Waals surface area contributed by atoms with Crippen LogP contribution in [0.5, 0.6) is 0 Å². The number of thioether (sulfide) groups is 1. The Morgan fingerprint density at radius 1 is 1.08 bits per heavy atom. The molecule has 128 valence electrons. The Kier molecular flexibility index (Phi) is 4.95. The molecule has 0 spiro atoms. The smallest absolute Gasteiger partial charge is 0.336 e. The summed E-state index contributed by atoms with van der Waals surface area (Å²) in [4.78, 5) is 24.0. The summed E-state index contributed by atoms with van der Waals surface area (Å²) < 4.78 is 5.34. The third-order valence-corrected chi connectivity index (χ3v) is 5.07. The summed E-state index contributed by atoms with van der Waals surface area (Å²) in [7, 11) is 0. The van der Waals surface area contributed by atoms with Crippen LogP contribution in [-0.2, 0) is 10.5 Å². The molecule has 0 saturated heterocycles. The summed E-state index contributed by atoms with van der Waals surface area (Å²) in [6, 6.07) is 13.2. The van der Waals surface area contributed by atoms with Crippen LogP contribution in [0.15, 0.2) is 56.6 Å². The van der Waals surface area contributed by atoms with Gasteiger partial charge in [-0.15, -0.1) is 11.8 Å². The Morgan fingerprint density at radius 2 is 1.76 bits per heavy atom. The van der Waals surface area contributed by atoms with Crippen molar-refractivity contribution in [1.29, 1.82) is 0 Å². The molecule has 1 amide bonds. The number of hydrogen-bond acceptors (Lipinski definition) is 4. The van der Waals surface area contributed by atoms with Crippen molar-refractivity contribution >= 4 is 34.3 Å². The van der Waals surface area contributed by atoms with E-state index in [9.17, 15) is 9.59 Å². The lowest BCUT2D eigenvalue weighted by molar-refractivity contribution is -0.114. The van der Waals surface area contributed by atoms with Crippen molar-refractivity contribution in [2.45, 2.75) is 31.4 Å². The van der Waals surface area contributed by atoms with Crippen molar-refractivity contribution in [3.8, 4) is 0 Å². The largest absolute Gasteiger partial charge is 0.423 e. The lowest BCUT2D eigenvalue weighted by Crippen LogP contribution is -2.05. The lowest BCUT2D eigenvalue weighted by Gasteiger charge is -2.09. The maximum Gasteiger partial charge on any atom is 0.336 e. The SMILES string of the molecule is CC(=O)Nc1ccc(SCc2cc(=O)oc3cc(C)c(C)cc23)cc1. The number of fused-ring (bicyclic) bond motifs is 1. The molecule has 1 heterocycles. The van der Waals surface area contributed by atoms with Gasteiger partial charge in [0.25, 0.3) is 0 Å². The van der Waals surface area contributed by atoms with Gasteiger partial charge in [0.1, 0.15) is 5.58 Å². The van der Waals surface area contributed by atoms with E-state index in [0.717, 1.165) is 27.1 Å². The molecule has 3 aromatic rings. The molecule has 1 aromatic heterocycles. The normalized spacial score (nSPS) is 10.8. The summed E-state index contributed by atoms with van der Waals surface area (Å²) in [5, 5.41) is 3.72. The fourth-order valence-corrected chi connectivity index (χ4v) is 3.49. The highest BCUT2D eigenvalue weighted by Crippen LogP contribution is 2.28. The Labute approximate surface area is 150 Å². The minimum absolute atomic E-state index is 0.0893. The molecule has 2 aromatic carbocycles. The predicted octanol–water partition coefficient (Wildman–Crippen LogP) is 4.66. The summed E-state index contributed by atoms with van der Waals surface area (Å²) in [6.07, 6.45) is 0. The van der Waals surface area contributed by atoms with Gasteiger partial charge >= 0.3 is 5.63 Å². The van der Waals surface area contributed by atoms with Gasteiger partial charge < -0.3 is 9.73 Å². The molecule has 0 bridgehead atoms. The lowest BCUT2D eigenvalue weighted by atomic mass is 10.0. The van der Waals surface area contributed by atoms with Crippen LogP contribution in [0.25, 0.3) is 11.0 Å². The number of rotatable bonds is 4. The van der Waals surface area contributed by atoms with E-state index in [1.165, 1.54) is 12.5 Å². The van der Waals surface area contributed by atoms with Gasteiger partial charge in [0.2, 0.25) is 5.91 Å². The molecule has 0 aliphatic rings. The van der Waals surface area contributed by atoms with Crippen LogP contribution in [0.4, 0.5) is 5.69 Å². The molecule has 4 nitrogen and oxygen atoms in total. The van der Waals surface area contributed by atoms with Crippen LogP contribution < -0.4 is 10.9 Å². The topological polar surface area (TPSA) is 59.3 Å². The van der Waals surface area contributed by atoms with Gasteiger partial charge in [-0.3, -0.25) is 4.79 Å². The number of amides is 1. The molecule has 0 saturated carbocycles. The highest BCUT2D eigenvalue weighted by molar-refractivity contribution is 7.98. The minimum Gasteiger partial charge on any atom is -0.423 e. The molecular weight excluding hydrogens is 334 g/mol. The number of carbonyl (C=O) groups excluding carboxylic acids is 1. The fraction of sp³-hybridized carbons (Fsp3) is 0.200. The van der Waals surface area contributed by atoms with E-state index in [2.05, 4.69) is 18.3 Å². The van der Waals surface area contributed by atoms with Gasteiger partial charge in [-0.2, -0.15) is 0 Å². The molecule has 25 heavy (non-hydrogen) atoms. The molecule has 0 aliphatic heterocycles. The molecule has 0 radical (unpaired) electrons. The van der Waals surface area contributed by atoms with E-state index in [-0.39, 0.29) is 11.5 Å². The van der Waals surface area contributed by atoms with Crippen LogP contribution in [0.2, 0.25) is 0 Å². The van der Waals surface area contributed by atoms with Crippen LogP contribution in [0, 0.1) is 13.8 Å². The summed E-state index contributed by atoms with van der Waals surface area (Å²) in [6.45, 7) is 5.54. The van der Waals surface area contributed by atoms with Crippen molar-refractivity contribution in [2.24, 2.45) is 0 Å². The van der Waals surface area contributed by atoms with Crippen molar-refractivity contribution in [3.05, 3.63) is 69.6 Å². The Hall–Kier alpha value is -2.53. The Balaban J connectivity index is 1.84. The number of anilines is 1. The number of benzene rings is 2. The van der Waals surface area contributed by atoms with Gasteiger partial charge in [-0.1, -0.05) is 0 Å². The first-order valence-electron chi connectivity index (χ1n) is 7.97. The van der Waals surface area contributed by atoms with Crippen molar-refractivity contribution in [2.75, 3.05) is 5.32 Å². The van der Waals surface area contributed by atoms with E-state index in [0.29, 0.717) is 11.3 Å². The quantitative estimate of drug-likeness (QED) is 0.547. The molecule has 0 fully saturated rings.